The molecule has 0 spiro atoms. The predicted octanol–water partition coefficient (Wildman–Crippen LogP) is 0.491. The summed E-state index contributed by atoms with van der Waals surface area (Å²) in [5.74, 6) is 0.643. The number of nitrogens with one attached hydrogen (secondary N) is 1. The fourth-order valence-electron chi connectivity index (χ4n) is 1.84. The van der Waals surface area contributed by atoms with Crippen LogP contribution in [0.15, 0.2) is 6.20 Å². The van der Waals surface area contributed by atoms with Crippen molar-refractivity contribution in [2.24, 2.45) is 13.0 Å². The lowest BCUT2D eigenvalue weighted by atomic mass is 10.0. The smallest absolute Gasteiger partial charge is 0.0964 e. The molecule has 1 heterocycles. The first-order chi connectivity index (χ1) is 7.50. The van der Waals surface area contributed by atoms with Crippen LogP contribution in [0.3, 0.4) is 0 Å². The maximum atomic E-state index is 4.04. The summed E-state index contributed by atoms with van der Waals surface area (Å²) in [6, 6.07) is 0.552. The molecule has 1 unspecified atom stereocenters. The third kappa shape index (κ3) is 3.90. The zero-order valence-electron chi connectivity index (χ0n) is 10.9. The Kier molecular flexibility index (Phi) is 4.89. The van der Waals surface area contributed by atoms with E-state index < -0.39 is 0 Å². The van der Waals surface area contributed by atoms with Crippen LogP contribution < -0.4 is 5.32 Å². The van der Waals surface area contributed by atoms with Gasteiger partial charge < -0.3 is 10.2 Å². The third-order valence-electron chi connectivity index (χ3n) is 2.74. The van der Waals surface area contributed by atoms with E-state index in [0.717, 1.165) is 18.8 Å². The van der Waals surface area contributed by atoms with Crippen molar-refractivity contribution < 1.29 is 0 Å². The SMILES string of the molecule is CC(C)C(CNCc1cn(C)nn1)N(C)C. The lowest BCUT2D eigenvalue weighted by molar-refractivity contribution is 0.224. The van der Waals surface area contributed by atoms with E-state index >= 15 is 0 Å². The van der Waals surface area contributed by atoms with Crippen molar-refractivity contribution in [3.8, 4) is 0 Å². The highest BCUT2D eigenvalue weighted by Gasteiger charge is 2.14. The number of nitrogens with zero attached hydrogens (tertiary/aromatic N) is 4. The van der Waals surface area contributed by atoms with Crippen molar-refractivity contribution in [3.05, 3.63) is 11.9 Å². The molecule has 5 nitrogen and oxygen atoms in total. The molecular weight excluding hydrogens is 202 g/mol. The number of rotatable bonds is 6. The van der Waals surface area contributed by atoms with Gasteiger partial charge in [0.15, 0.2) is 0 Å². The van der Waals surface area contributed by atoms with Gasteiger partial charge in [0.1, 0.15) is 0 Å². The molecule has 16 heavy (non-hydrogen) atoms. The number of aromatic nitrogens is 3. The summed E-state index contributed by atoms with van der Waals surface area (Å²) >= 11 is 0. The molecule has 0 aliphatic carbocycles. The van der Waals surface area contributed by atoms with Crippen LogP contribution in [0.1, 0.15) is 19.5 Å². The van der Waals surface area contributed by atoms with Crippen molar-refractivity contribution in [1.82, 2.24) is 25.2 Å². The first-order valence-electron chi connectivity index (χ1n) is 5.73. The fourth-order valence-corrected chi connectivity index (χ4v) is 1.84. The molecule has 1 atom stereocenters. The monoisotopic (exact) mass is 225 g/mol. The van der Waals surface area contributed by atoms with Crippen LogP contribution >= 0.6 is 0 Å². The van der Waals surface area contributed by atoms with Crippen LogP contribution in [0.5, 0.6) is 0 Å². The minimum absolute atomic E-state index is 0.552. The molecular formula is C11H23N5. The van der Waals surface area contributed by atoms with Gasteiger partial charge in [0.2, 0.25) is 0 Å². The van der Waals surface area contributed by atoms with Gasteiger partial charge in [-0.1, -0.05) is 19.1 Å². The molecule has 0 bridgehead atoms. The second-order valence-corrected chi connectivity index (χ2v) is 4.79. The van der Waals surface area contributed by atoms with Gasteiger partial charge in [-0.05, 0) is 20.0 Å². The molecule has 0 aliphatic heterocycles. The van der Waals surface area contributed by atoms with E-state index in [-0.39, 0.29) is 0 Å². The van der Waals surface area contributed by atoms with Gasteiger partial charge in [-0.15, -0.1) is 5.10 Å². The van der Waals surface area contributed by atoms with E-state index in [2.05, 4.69) is 48.5 Å². The second kappa shape index (κ2) is 5.96. The van der Waals surface area contributed by atoms with Crippen molar-refractivity contribution in [2.75, 3.05) is 20.6 Å². The summed E-state index contributed by atoms with van der Waals surface area (Å²) in [5.41, 5.74) is 0.990. The Hall–Kier alpha value is -0.940. The largest absolute Gasteiger partial charge is 0.309 e. The van der Waals surface area contributed by atoms with Crippen LogP contribution in [0, 0.1) is 5.92 Å². The average Bonchev–Trinajstić information content (AvgIpc) is 2.57. The van der Waals surface area contributed by atoms with Gasteiger partial charge in [0, 0.05) is 32.4 Å². The highest BCUT2D eigenvalue weighted by Crippen LogP contribution is 2.06. The number of hydrogen-bond acceptors (Lipinski definition) is 4. The van der Waals surface area contributed by atoms with Crippen LogP contribution in [-0.2, 0) is 13.6 Å². The Labute approximate surface area is 97.8 Å². The Morgan fingerprint density at radius 2 is 2.12 bits per heavy atom. The summed E-state index contributed by atoms with van der Waals surface area (Å²) in [5, 5.41) is 11.4. The maximum Gasteiger partial charge on any atom is 0.0964 e. The highest BCUT2D eigenvalue weighted by molar-refractivity contribution is 4.91. The van der Waals surface area contributed by atoms with E-state index in [0.29, 0.717) is 12.0 Å². The van der Waals surface area contributed by atoms with Crippen molar-refractivity contribution in [3.63, 3.8) is 0 Å². The van der Waals surface area contributed by atoms with E-state index in [1.54, 1.807) is 4.68 Å². The van der Waals surface area contributed by atoms with Gasteiger partial charge in [-0.25, -0.2) is 0 Å². The van der Waals surface area contributed by atoms with Crippen LogP contribution in [0.2, 0.25) is 0 Å². The third-order valence-corrected chi connectivity index (χ3v) is 2.74. The molecule has 0 amide bonds. The van der Waals surface area contributed by atoms with Crippen molar-refractivity contribution >= 4 is 0 Å². The lowest BCUT2D eigenvalue weighted by Gasteiger charge is -2.28. The van der Waals surface area contributed by atoms with E-state index in [9.17, 15) is 0 Å². The maximum absolute atomic E-state index is 4.04. The lowest BCUT2D eigenvalue weighted by Crippen LogP contribution is -2.41. The summed E-state index contributed by atoms with van der Waals surface area (Å²) < 4.78 is 1.73. The van der Waals surface area contributed by atoms with Gasteiger partial charge >= 0.3 is 0 Å². The van der Waals surface area contributed by atoms with Gasteiger partial charge in [0.25, 0.3) is 0 Å². The number of aryl methyl sites for hydroxylation is 1. The van der Waals surface area contributed by atoms with Crippen LogP contribution in [-0.4, -0.2) is 46.6 Å². The Bertz CT molecular complexity index is 297. The van der Waals surface area contributed by atoms with Crippen molar-refractivity contribution in [1.29, 1.82) is 0 Å². The normalized spacial score (nSPS) is 13.7. The zero-order chi connectivity index (χ0) is 12.1. The summed E-state index contributed by atoms with van der Waals surface area (Å²) in [6.07, 6.45) is 1.94. The topological polar surface area (TPSA) is 46.0 Å². The standard InChI is InChI=1S/C11H23N5/c1-9(2)11(15(3)4)7-12-6-10-8-16(5)14-13-10/h8-9,11-12H,6-7H2,1-5H3. The first-order valence-corrected chi connectivity index (χ1v) is 5.73. The Balaban J connectivity index is 2.33. The molecule has 5 heteroatoms. The van der Waals surface area contributed by atoms with E-state index in [1.165, 1.54) is 0 Å². The predicted molar refractivity (Wildman–Crippen MR) is 65.0 cm³/mol. The minimum atomic E-state index is 0.552. The first kappa shape index (κ1) is 13.1. The molecule has 0 fully saturated rings. The average molecular weight is 225 g/mol. The molecule has 0 saturated heterocycles. The van der Waals surface area contributed by atoms with Crippen molar-refractivity contribution in [2.45, 2.75) is 26.4 Å². The molecule has 1 aromatic heterocycles. The molecule has 1 N–H and O–H groups in total. The molecule has 0 radical (unpaired) electrons. The van der Waals surface area contributed by atoms with E-state index in [1.807, 2.05) is 13.2 Å². The van der Waals surface area contributed by atoms with Gasteiger partial charge in [0.05, 0.1) is 5.69 Å². The second-order valence-electron chi connectivity index (χ2n) is 4.79. The quantitative estimate of drug-likeness (QED) is 0.765. The molecule has 1 aromatic rings. The molecule has 92 valence electrons. The summed E-state index contributed by atoms with van der Waals surface area (Å²) in [6.45, 7) is 6.25. The van der Waals surface area contributed by atoms with Crippen LogP contribution in [0.4, 0.5) is 0 Å². The Morgan fingerprint density at radius 3 is 2.56 bits per heavy atom. The van der Waals surface area contributed by atoms with Crippen LogP contribution in [0.25, 0.3) is 0 Å². The molecule has 0 aliphatic rings. The van der Waals surface area contributed by atoms with E-state index in [4.69, 9.17) is 0 Å². The molecule has 0 aromatic carbocycles. The van der Waals surface area contributed by atoms with Gasteiger partial charge in [-0.3, -0.25) is 4.68 Å². The summed E-state index contributed by atoms with van der Waals surface area (Å²) in [4.78, 5) is 2.26. The fraction of sp³-hybridized carbons (Fsp3) is 0.818. The summed E-state index contributed by atoms with van der Waals surface area (Å²) in [7, 11) is 6.12. The Morgan fingerprint density at radius 1 is 1.44 bits per heavy atom. The zero-order valence-corrected chi connectivity index (χ0v) is 10.9. The minimum Gasteiger partial charge on any atom is -0.309 e. The highest BCUT2D eigenvalue weighted by atomic mass is 15.4. The number of hydrogen-bond donors (Lipinski definition) is 1. The number of likely N-dealkylation sites (N-methyl/N-ethyl adjacent to an activating group) is 1. The molecule has 1 rings (SSSR count). The molecule has 0 saturated carbocycles. The van der Waals surface area contributed by atoms with Gasteiger partial charge in [-0.2, -0.15) is 0 Å².